The van der Waals surface area contributed by atoms with Crippen LogP contribution in [-0.4, -0.2) is 16.7 Å². The van der Waals surface area contributed by atoms with Gasteiger partial charge in [0, 0.05) is 11.3 Å². The van der Waals surface area contributed by atoms with Crippen LogP contribution < -0.4 is 5.73 Å². The number of nitrogens with two attached hydrogens (primary N) is 1. The number of aromatic amines is 1. The quantitative estimate of drug-likeness (QED) is 0.842. The Bertz CT molecular complexity index is 497. The summed E-state index contributed by atoms with van der Waals surface area (Å²) >= 11 is 0. The molecule has 0 atom stereocenters. The number of H-pyrrole nitrogens is 1. The molecule has 0 saturated heterocycles. The van der Waals surface area contributed by atoms with Gasteiger partial charge in [0.15, 0.2) is 0 Å². The summed E-state index contributed by atoms with van der Waals surface area (Å²) in [4.78, 5) is 0. The number of aromatic nitrogens is 2. The number of nitrogens with zero attached hydrogens (tertiary/aromatic N) is 1. The molecule has 1 saturated carbocycles. The lowest BCUT2D eigenvalue weighted by molar-refractivity contribution is 0.513. The molecule has 1 aromatic heterocycles. The standard InChI is InChI=1S/C14H17N3/c15-10-14(6-7-14)9-12-8-13(17-16-12)11-4-2-1-3-5-11/h1-5,8H,6-7,9-10,15H2,(H,16,17). The van der Waals surface area contributed by atoms with Crippen molar-refractivity contribution in [2.45, 2.75) is 19.3 Å². The van der Waals surface area contributed by atoms with Crippen molar-refractivity contribution in [3.05, 3.63) is 42.1 Å². The van der Waals surface area contributed by atoms with Crippen molar-refractivity contribution < 1.29 is 0 Å². The Morgan fingerprint density at radius 2 is 2.00 bits per heavy atom. The molecule has 88 valence electrons. The fourth-order valence-corrected chi connectivity index (χ4v) is 2.24. The zero-order valence-corrected chi connectivity index (χ0v) is 9.82. The molecule has 1 aromatic carbocycles. The first-order valence-electron chi connectivity index (χ1n) is 6.11. The Balaban J connectivity index is 1.79. The molecular weight excluding hydrogens is 210 g/mol. The van der Waals surface area contributed by atoms with Gasteiger partial charge in [0.25, 0.3) is 0 Å². The van der Waals surface area contributed by atoms with Crippen molar-refractivity contribution in [3.8, 4) is 11.3 Å². The van der Waals surface area contributed by atoms with E-state index in [0.29, 0.717) is 5.41 Å². The maximum atomic E-state index is 5.80. The molecule has 0 radical (unpaired) electrons. The normalized spacial score (nSPS) is 17.0. The van der Waals surface area contributed by atoms with Gasteiger partial charge in [-0.05, 0) is 37.3 Å². The highest BCUT2D eigenvalue weighted by atomic mass is 15.1. The zero-order chi connectivity index (χ0) is 11.7. The second kappa shape index (κ2) is 4.00. The van der Waals surface area contributed by atoms with Gasteiger partial charge in [-0.3, -0.25) is 5.10 Å². The Morgan fingerprint density at radius 1 is 1.24 bits per heavy atom. The SMILES string of the molecule is NCC1(Cc2cc(-c3ccccc3)n[nH]2)CC1. The van der Waals surface area contributed by atoms with Gasteiger partial charge in [-0.1, -0.05) is 30.3 Å². The number of hydrogen-bond acceptors (Lipinski definition) is 2. The third-order valence-electron chi connectivity index (χ3n) is 3.66. The number of rotatable bonds is 4. The predicted molar refractivity (Wildman–Crippen MR) is 68.4 cm³/mol. The zero-order valence-electron chi connectivity index (χ0n) is 9.82. The highest BCUT2D eigenvalue weighted by Gasteiger charge is 2.41. The molecule has 0 amide bonds. The van der Waals surface area contributed by atoms with E-state index in [9.17, 15) is 0 Å². The topological polar surface area (TPSA) is 54.7 Å². The van der Waals surface area contributed by atoms with Gasteiger partial charge in [-0.15, -0.1) is 0 Å². The molecule has 3 N–H and O–H groups in total. The van der Waals surface area contributed by atoms with Crippen molar-refractivity contribution in [3.63, 3.8) is 0 Å². The van der Waals surface area contributed by atoms with Crippen molar-refractivity contribution >= 4 is 0 Å². The second-order valence-corrected chi connectivity index (χ2v) is 5.03. The minimum atomic E-state index is 0.362. The minimum Gasteiger partial charge on any atom is -0.330 e. The van der Waals surface area contributed by atoms with Crippen LogP contribution >= 0.6 is 0 Å². The number of hydrogen-bond donors (Lipinski definition) is 2. The molecule has 0 spiro atoms. The van der Waals surface area contributed by atoms with Crippen LogP contribution in [0.2, 0.25) is 0 Å². The van der Waals surface area contributed by atoms with Crippen LogP contribution in [0.15, 0.2) is 36.4 Å². The predicted octanol–water partition coefficient (Wildman–Crippen LogP) is 2.36. The molecule has 3 rings (SSSR count). The molecule has 1 fully saturated rings. The number of nitrogens with one attached hydrogen (secondary N) is 1. The summed E-state index contributed by atoms with van der Waals surface area (Å²) in [5.41, 5.74) is 9.54. The van der Waals surface area contributed by atoms with Crippen molar-refractivity contribution in [1.82, 2.24) is 10.2 Å². The van der Waals surface area contributed by atoms with Gasteiger partial charge in [0.1, 0.15) is 0 Å². The maximum Gasteiger partial charge on any atom is 0.0923 e. The lowest BCUT2D eigenvalue weighted by Gasteiger charge is -2.08. The van der Waals surface area contributed by atoms with Crippen molar-refractivity contribution in [2.75, 3.05) is 6.54 Å². The molecule has 0 aliphatic heterocycles. The Kier molecular flexibility index (Phi) is 2.48. The first kappa shape index (κ1) is 10.5. The van der Waals surface area contributed by atoms with E-state index < -0.39 is 0 Å². The van der Waals surface area contributed by atoms with Gasteiger partial charge in [0.2, 0.25) is 0 Å². The molecule has 17 heavy (non-hydrogen) atoms. The third kappa shape index (κ3) is 2.11. The molecule has 1 heterocycles. The minimum absolute atomic E-state index is 0.362. The van der Waals surface area contributed by atoms with Crippen LogP contribution in [0.25, 0.3) is 11.3 Å². The van der Waals surface area contributed by atoms with Crippen molar-refractivity contribution in [1.29, 1.82) is 0 Å². The van der Waals surface area contributed by atoms with Gasteiger partial charge in [-0.2, -0.15) is 5.10 Å². The monoisotopic (exact) mass is 227 g/mol. The first-order valence-corrected chi connectivity index (χ1v) is 6.11. The van der Waals surface area contributed by atoms with Gasteiger partial charge >= 0.3 is 0 Å². The second-order valence-electron chi connectivity index (χ2n) is 5.03. The summed E-state index contributed by atoms with van der Waals surface area (Å²) in [6.45, 7) is 0.784. The molecule has 3 nitrogen and oxygen atoms in total. The summed E-state index contributed by atoms with van der Waals surface area (Å²) in [6.07, 6.45) is 3.54. The highest BCUT2D eigenvalue weighted by Crippen LogP contribution is 2.47. The van der Waals surface area contributed by atoms with E-state index in [1.54, 1.807) is 0 Å². The largest absolute Gasteiger partial charge is 0.330 e. The molecule has 0 unspecified atom stereocenters. The highest BCUT2D eigenvalue weighted by molar-refractivity contribution is 5.58. The Labute approximate surface area is 101 Å². The van der Waals surface area contributed by atoms with E-state index in [-0.39, 0.29) is 0 Å². The van der Waals surface area contributed by atoms with Crippen LogP contribution in [0.1, 0.15) is 18.5 Å². The first-order chi connectivity index (χ1) is 8.31. The summed E-state index contributed by atoms with van der Waals surface area (Å²) < 4.78 is 0. The van der Waals surface area contributed by atoms with Gasteiger partial charge < -0.3 is 5.73 Å². The smallest absolute Gasteiger partial charge is 0.0923 e. The third-order valence-corrected chi connectivity index (χ3v) is 3.66. The van der Waals surface area contributed by atoms with Crippen LogP contribution in [0.5, 0.6) is 0 Å². The van der Waals surface area contributed by atoms with Crippen LogP contribution in [0, 0.1) is 5.41 Å². The molecule has 2 aromatic rings. The summed E-state index contributed by atoms with van der Waals surface area (Å²) in [5.74, 6) is 0. The fourth-order valence-electron chi connectivity index (χ4n) is 2.24. The van der Waals surface area contributed by atoms with E-state index in [1.807, 2.05) is 18.2 Å². The van der Waals surface area contributed by atoms with E-state index >= 15 is 0 Å². The van der Waals surface area contributed by atoms with E-state index in [4.69, 9.17) is 5.73 Å². The van der Waals surface area contributed by atoms with Gasteiger partial charge in [-0.25, -0.2) is 0 Å². The fraction of sp³-hybridized carbons (Fsp3) is 0.357. The van der Waals surface area contributed by atoms with Crippen LogP contribution in [0.4, 0.5) is 0 Å². The van der Waals surface area contributed by atoms with E-state index in [1.165, 1.54) is 18.5 Å². The number of benzene rings is 1. The molecule has 3 heteroatoms. The lowest BCUT2D eigenvalue weighted by atomic mass is 10.0. The van der Waals surface area contributed by atoms with Gasteiger partial charge in [0.05, 0.1) is 5.69 Å². The van der Waals surface area contributed by atoms with Crippen LogP contribution in [0.3, 0.4) is 0 Å². The summed E-state index contributed by atoms with van der Waals surface area (Å²) in [6, 6.07) is 12.4. The molecule has 1 aliphatic carbocycles. The maximum absolute atomic E-state index is 5.80. The lowest BCUT2D eigenvalue weighted by Crippen LogP contribution is -2.18. The summed E-state index contributed by atoms with van der Waals surface area (Å²) in [5, 5.41) is 7.50. The average molecular weight is 227 g/mol. The van der Waals surface area contributed by atoms with E-state index in [2.05, 4.69) is 28.4 Å². The summed E-state index contributed by atoms with van der Waals surface area (Å²) in [7, 11) is 0. The van der Waals surface area contributed by atoms with Crippen LogP contribution in [-0.2, 0) is 6.42 Å². The Morgan fingerprint density at radius 3 is 2.65 bits per heavy atom. The molecular formula is C14H17N3. The average Bonchev–Trinajstić information content (AvgIpc) is 3.00. The molecule has 0 bridgehead atoms. The Hall–Kier alpha value is -1.61. The molecule has 1 aliphatic rings. The van der Waals surface area contributed by atoms with Crippen molar-refractivity contribution in [2.24, 2.45) is 11.1 Å². The van der Waals surface area contributed by atoms with E-state index in [0.717, 1.165) is 24.2 Å².